The van der Waals surface area contributed by atoms with Crippen molar-refractivity contribution in [3.63, 3.8) is 0 Å². The lowest BCUT2D eigenvalue weighted by atomic mass is 10.0. The highest BCUT2D eigenvalue weighted by Gasteiger charge is 2.38. The number of aliphatic hydroxyl groups excluding tert-OH is 1. The summed E-state index contributed by atoms with van der Waals surface area (Å²) >= 11 is 0. The number of terminal acetylenes is 1. The Labute approximate surface area is 138 Å². The molecule has 2 aromatic heterocycles. The van der Waals surface area contributed by atoms with Crippen LogP contribution in [0.25, 0.3) is 5.78 Å². The van der Waals surface area contributed by atoms with E-state index in [1.54, 1.807) is 12.4 Å². The Bertz CT molecular complexity index is 815. The van der Waals surface area contributed by atoms with E-state index in [-0.39, 0.29) is 18.3 Å². The first-order valence-electron chi connectivity index (χ1n) is 7.64. The van der Waals surface area contributed by atoms with E-state index in [2.05, 4.69) is 36.5 Å². The van der Waals surface area contributed by atoms with Gasteiger partial charge in [0.1, 0.15) is 0 Å². The molecule has 0 saturated carbocycles. The SMILES string of the molecule is C#CCCC1(CCNC(=O)c2nc3ncc(CCO)cn3n2)N=N1. The van der Waals surface area contributed by atoms with Crippen molar-refractivity contribution in [1.29, 1.82) is 0 Å². The standard InChI is InChI=1S/C15H17N7O2/c1-2-3-5-15(20-21-15)6-7-16-13(24)12-18-14-17-9-11(4-8-23)10-22(14)19-12/h1,9-10,23H,3-8H2,(H,16,24). The molecule has 0 fully saturated rings. The van der Waals surface area contributed by atoms with Crippen LogP contribution in [-0.2, 0) is 6.42 Å². The first kappa shape index (κ1) is 16.0. The van der Waals surface area contributed by atoms with E-state index < -0.39 is 5.66 Å². The molecule has 2 aromatic rings. The van der Waals surface area contributed by atoms with E-state index in [9.17, 15) is 4.79 Å². The highest BCUT2D eigenvalue weighted by molar-refractivity contribution is 5.90. The molecule has 0 radical (unpaired) electrons. The minimum Gasteiger partial charge on any atom is -0.396 e. The Kier molecular flexibility index (Phi) is 4.48. The zero-order valence-electron chi connectivity index (χ0n) is 13.0. The molecular weight excluding hydrogens is 310 g/mol. The maximum Gasteiger partial charge on any atom is 0.291 e. The van der Waals surface area contributed by atoms with Gasteiger partial charge in [0.2, 0.25) is 5.82 Å². The quantitative estimate of drug-likeness (QED) is 0.679. The number of carbonyl (C=O) groups excluding carboxylic acids is 1. The second-order valence-corrected chi connectivity index (χ2v) is 5.51. The van der Waals surface area contributed by atoms with Crippen LogP contribution in [0.2, 0.25) is 0 Å². The normalized spacial score (nSPS) is 14.5. The van der Waals surface area contributed by atoms with Gasteiger partial charge in [-0.2, -0.15) is 15.2 Å². The number of hydrogen-bond donors (Lipinski definition) is 2. The van der Waals surface area contributed by atoms with Crippen molar-refractivity contribution in [3.8, 4) is 12.3 Å². The molecule has 9 nitrogen and oxygen atoms in total. The van der Waals surface area contributed by atoms with Gasteiger partial charge in [0.25, 0.3) is 11.7 Å². The highest BCUT2D eigenvalue weighted by atomic mass is 16.3. The smallest absolute Gasteiger partial charge is 0.291 e. The number of hydrogen-bond acceptors (Lipinski definition) is 7. The summed E-state index contributed by atoms with van der Waals surface area (Å²) in [5.41, 5.74) is 0.390. The fourth-order valence-corrected chi connectivity index (χ4v) is 2.30. The van der Waals surface area contributed by atoms with Crippen LogP contribution >= 0.6 is 0 Å². The largest absolute Gasteiger partial charge is 0.396 e. The van der Waals surface area contributed by atoms with Crippen LogP contribution in [0.15, 0.2) is 22.6 Å². The zero-order chi connectivity index (χ0) is 17.0. The van der Waals surface area contributed by atoms with Gasteiger partial charge in [-0.3, -0.25) is 4.79 Å². The molecule has 0 unspecified atom stereocenters. The van der Waals surface area contributed by atoms with Gasteiger partial charge >= 0.3 is 0 Å². The maximum atomic E-state index is 12.1. The van der Waals surface area contributed by atoms with Crippen LogP contribution in [0.3, 0.4) is 0 Å². The van der Waals surface area contributed by atoms with Crippen LogP contribution in [0, 0.1) is 12.3 Å². The molecule has 1 amide bonds. The summed E-state index contributed by atoms with van der Waals surface area (Å²) < 4.78 is 1.43. The number of nitrogens with zero attached hydrogens (tertiary/aromatic N) is 6. The minimum atomic E-state index is -0.424. The fourth-order valence-electron chi connectivity index (χ4n) is 2.30. The molecule has 3 heterocycles. The van der Waals surface area contributed by atoms with E-state index in [0.29, 0.717) is 38.0 Å². The summed E-state index contributed by atoms with van der Waals surface area (Å²) in [5, 5.41) is 23.8. The van der Waals surface area contributed by atoms with E-state index in [0.717, 1.165) is 5.56 Å². The average molecular weight is 327 g/mol. The first-order chi connectivity index (χ1) is 11.7. The molecule has 2 N–H and O–H groups in total. The van der Waals surface area contributed by atoms with Crippen molar-refractivity contribution in [3.05, 3.63) is 23.8 Å². The van der Waals surface area contributed by atoms with Crippen LogP contribution in [0.4, 0.5) is 0 Å². The number of carbonyl (C=O) groups is 1. The van der Waals surface area contributed by atoms with E-state index in [1.165, 1.54) is 4.52 Å². The number of rotatable bonds is 8. The Morgan fingerprint density at radius 2 is 2.25 bits per heavy atom. The molecule has 1 aliphatic heterocycles. The number of amides is 1. The van der Waals surface area contributed by atoms with Gasteiger partial charge in [-0.05, 0) is 12.0 Å². The lowest BCUT2D eigenvalue weighted by Crippen LogP contribution is -2.29. The Morgan fingerprint density at radius 1 is 1.42 bits per heavy atom. The molecule has 3 rings (SSSR count). The van der Waals surface area contributed by atoms with Crippen molar-refractivity contribution in [2.75, 3.05) is 13.2 Å². The topological polar surface area (TPSA) is 117 Å². The molecular formula is C15H17N7O2. The molecule has 1 aliphatic rings. The van der Waals surface area contributed by atoms with Gasteiger partial charge < -0.3 is 10.4 Å². The van der Waals surface area contributed by atoms with Crippen molar-refractivity contribution in [2.45, 2.75) is 31.3 Å². The third-order valence-electron chi connectivity index (χ3n) is 3.71. The second kappa shape index (κ2) is 6.72. The molecule has 0 bridgehead atoms. The lowest BCUT2D eigenvalue weighted by molar-refractivity contribution is 0.0941. The molecule has 0 saturated heterocycles. The zero-order valence-corrected chi connectivity index (χ0v) is 13.0. The molecule has 0 atom stereocenters. The van der Waals surface area contributed by atoms with Crippen LogP contribution in [0.1, 0.15) is 35.4 Å². The van der Waals surface area contributed by atoms with Gasteiger partial charge in [0.05, 0.1) is 0 Å². The van der Waals surface area contributed by atoms with Gasteiger partial charge in [-0.1, -0.05) is 0 Å². The highest BCUT2D eigenvalue weighted by Crippen LogP contribution is 2.35. The summed E-state index contributed by atoms with van der Waals surface area (Å²) in [7, 11) is 0. The molecule has 9 heteroatoms. The van der Waals surface area contributed by atoms with E-state index in [4.69, 9.17) is 11.5 Å². The Morgan fingerprint density at radius 3 is 2.96 bits per heavy atom. The first-order valence-corrected chi connectivity index (χ1v) is 7.64. The molecule has 0 spiro atoms. The third-order valence-corrected chi connectivity index (χ3v) is 3.71. The number of aliphatic hydroxyl groups is 1. The van der Waals surface area contributed by atoms with Crippen molar-refractivity contribution >= 4 is 11.7 Å². The summed E-state index contributed by atoms with van der Waals surface area (Å²) in [4.78, 5) is 20.3. The van der Waals surface area contributed by atoms with Crippen LogP contribution in [-0.4, -0.2) is 49.4 Å². The second-order valence-electron chi connectivity index (χ2n) is 5.51. The Balaban J connectivity index is 1.57. The van der Waals surface area contributed by atoms with Gasteiger partial charge in [0, 0.05) is 44.8 Å². The number of fused-ring (bicyclic) bond motifs is 1. The summed E-state index contributed by atoms with van der Waals surface area (Å²) in [6.45, 7) is 0.432. The molecule has 124 valence electrons. The third kappa shape index (κ3) is 3.55. The number of aromatic nitrogens is 4. The number of nitrogens with one attached hydrogen (secondary N) is 1. The Hall–Kier alpha value is -2.86. The van der Waals surface area contributed by atoms with Crippen LogP contribution in [0.5, 0.6) is 0 Å². The van der Waals surface area contributed by atoms with Gasteiger partial charge in [-0.25, -0.2) is 9.50 Å². The average Bonchev–Trinajstić information content (AvgIpc) is 3.21. The predicted molar refractivity (Wildman–Crippen MR) is 84.2 cm³/mol. The van der Waals surface area contributed by atoms with Crippen LogP contribution < -0.4 is 5.32 Å². The van der Waals surface area contributed by atoms with E-state index in [1.807, 2.05) is 0 Å². The molecule has 24 heavy (non-hydrogen) atoms. The lowest BCUT2D eigenvalue weighted by Gasteiger charge is -2.08. The monoisotopic (exact) mass is 327 g/mol. The summed E-state index contributed by atoms with van der Waals surface area (Å²) in [6, 6.07) is 0. The molecule has 0 aliphatic carbocycles. The fraction of sp³-hybridized carbons (Fsp3) is 0.467. The predicted octanol–water partition coefficient (Wildman–Crippen LogP) is 0.354. The van der Waals surface area contributed by atoms with Crippen molar-refractivity contribution < 1.29 is 9.90 Å². The summed E-state index contributed by atoms with van der Waals surface area (Å²) in [6.07, 6.45) is 10.9. The van der Waals surface area contributed by atoms with Gasteiger partial charge in [0.15, 0.2) is 5.66 Å². The summed E-state index contributed by atoms with van der Waals surface area (Å²) in [5.74, 6) is 2.57. The van der Waals surface area contributed by atoms with Gasteiger partial charge in [-0.15, -0.1) is 17.4 Å². The maximum absolute atomic E-state index is 12.1. The molecule has 0 aromatic carbocycles. The van der Waals surface area contributed by atoms with E-state index >= 15 is 0 Å². The van der Waals surface area contributed by atoms with Crippen molar-refractivity contribution in [2.24, 2.45) is 10.2 Å². The van der Waals surface area contributed by atoms with Crippen molar-refractivity contribution in [1.82, 2.24) is 24.9 Å². The minimum absolute atomic E-state index is 0.0206.